The minimum atomic E-state index is -0.419. The molecule has 2 heterocycles. The molecule has 0 saturated carbocycles. The van der Waals surface area contributed by atoms with Gasteiger partial charge in [0.15, 0.2) is 6.61 Å². The van der Waals surface area contributed by atoms with Crippen molar-refractivity contribution in [3.63, 3.8) is 0 Å². The number of aromatic amines is 1. The van der Waals surface area contributed by atoms with E-state index in [0.29, 0.717) is 24.6 Å². The molecule has 0 unspecified atom stereocenters. The standard InChI is InChI=1S/C22H23N3O4/c1-4-28-20(27)12-29-18-8-6-5-7-13(18)21-24-16-9-14-15(10-17(16)25-21)23-19(26)11-22(14,2)3/h5-10H,4,11-12H2,1-3H3,(H,23,26)(H,24,25). The number of anilines is 1. The minimum absolute atomic E-state index is 0.00956. The van der Waals surface area contributed by atoms with Crippen LogP contribution in [0.15, 0.2) is 36.4 Å². The first kappa shape index (κ1) is 19.0. The summed E-state index contributed by atoms with van der Waals surface area (Å²) in [4.78, 5) is 31.7. The van der Waals surface area contributed by atoms with Crippen molar-refractivity contribution in [3.8, 4) is 17.1 Å². The normalized spacial score (nSPS) is 14.9. The van der Waals surface area contributed by atoms with E-state index in [9.17, 15) is 9.59 Å². The van der Waals surface area contributed by atoms with Gasteiger partial charge in [0.25, 0.3) is 0 Å². The topological polar surface area (TPSA) is 93.3 Å². The van der Waals surface area contributed by atoms with Crippen molar-refractivity contribution in [3.05, 3.63) is 42.0 Å². The second-order valence-corrected chi connectivity index (χ2v) is 7.70. The van der Waals surface area contributed by atoms with E-state index in [1.165, 1.54) is 0 Å². The number of imidazole rings is 1. The molecular weight excluding hydrogens is 370 g/mol. The number of carbonyl (C=O) groups is 2. The van der Waals surface area contributed by atoms with Crippen LogP contribution in [-0.2, 0) is 19.7 Å². The molecule has 150 valence electrons. The SMILES string of the molecule is CCOC(=O)COc1ccccc1-c1nc2cc3c(cc2[nH]1)C(C)(C)CC(=O)N3. The smallest absolute Gasteiger partial charge is 0.344 e. The van der Waals surface area contributed by atoms with Gasteiger partial charge in [-0.2, -0.15) is 0 Å². The summed E-state index contributed by atoms with van der Waals surface area (Å²) in [5.41, 5.74) is 3.99. The number of rotatable bonds is 5. The second kappa shape index (κ2) is 7.24. The van der Waals surface area contributed by atoms with E-state index in [1.807, 2.05) is 30.3 Å². The number of aromatic nitrogens is 2. The number of hydrogen-bond acceptors (Lipinski definition) is 5. The summed E-state index contributed by atoms with van der Waals surface area (Å²) in [6.45, 7) is 6.02. The van der Waals surface area contributed by atoms with Crippen molar-refractivity contribution in [2.45, 2.75) is 32.6 Å². The molecule has 1 aromatic heterocycles. The van der Waals surface area contributed by atoms with Crippen LogP contribution >= 0.6 is 0 Å². The molecule has 4 rings (SSSR count). The first-order chi connectivity index (χ1) is 13.9. The summed E-state index contributed by atoms with van der Waals surface area (Å²) in [6, 6.07) is 11.3. The lowest BCUT2D eigenvalue weighted by molar-refractivity contribution is -0.145. The third kappa shape index (κ3) is 3.68. The number of amides is 1. The molecule has 0 spiro atoms. The van der Waals surface area contributed by atoms with E-state index < -0.39 is 5.97 Å². The fourth-order valence-corrected chi connectivity index (χ4v) is 3.67. The maximum Gasteiger partial charge on any atom is 0.344 e. The molecule has 2 aromatic carbocycles. The zero-order valence-corrected chi connectivity index (χ0v) is 16.7. The second-order valence-electron chi connectivity index (χ2n) is 7.70. The van der Waals surface area contributed by atoms with Gasteiger partial charge < -0.3 is 19.8 Å². The molecule has 0 fully saturated rings. The Hall–Kier alpha value is -3.35. The minimum Gasteiger partial charge on any atom is -0.481 e. The molecule has 0 radical (unpaired) electrons. The first-order valence-corrected chi connectivity index (χ1v) is 9.59. The lowest BCUT2D eigenvalue weighted by Crippen LogP contribution is -2.32. The highest BCUT2D eigenvalue weighted by atomic mass is 16.6. The summed E-state index contributed by atoms with van der Waals surface area (Å²) >= 11 is 0. The van der Waals surface area contributed by atoms with Crippen molar-refractivity contribution >= 4 is 28.6 Å². The molecule has 7 heteroatoms. The van der Waals surface area contributed by atoms with Gasteiger partial charge in [-0.1, -0.05) is 26.0 Å². The van der Waals surface area contributed by atoms with Gasteiger partial charge in [0, 0.05) is 17.5 Å². The molecule has 29 heavy (non-hydrogen) atoms. The van der Waals surface area contributed by atoms with Gasteiger partial charge in [-0.15, -0.1) is 0 Å². The number of benzene rings is 2. The van der Waals surface area contributed by atoms with Crippen LogP contribution in [0.4, 0.5) is 5.69 Å². The summed E-state index contributed by atoms with van der Waals surface area (Å²) < 4.78 is 10.6. The molecule has 2 N–H and O–H groups in total. The maximum absolute atomic E-state index is 12.0. The van der Waals surface area contributed by atoms with Gasteiger partial charge >= 0.3 is 5.97 Å². The third-order valence-electron chi connectivity index (χ3n) is 5.02. The average molecular weight is 393 g/mol. The average Bonchev–Trinajstić information content (AvgIpc) is 3.08. The molecular formula is C22H23N3O4. The van der Waals surface area contributed by atoms with E-state index in [2.05, 4.69) is 29.1 Å². The highest BCUT2D eigenvalue weighted by Crippen LogP contribution is 2.40. The Kier molecular flexibility index (Phi) is 4.74. The Balaban J connectivity index is 1.71. The van der Waals surface area contributed by atoms with E-state index in [0.717, 1.165) is 27.8 Å². The number of nitrogens with one attached hydrogen (secondary N) is 2. The van der Waals surface area contributed by atoms with Gasteiger partial charge in [0.05, 0.1) is 23.2 Å². The van der Waals surface area contributed by atoms with Crippen molar-refractivity contribution in [1.82, 2.24) is 9.97 Å². The summed E-state index contributed by atoms with van der Waals surface area (Å²) in [6.07, 6.45) is 0.442. The van der Waals surface area contributed by atoms with Gasteiger partial charge in [-0.3, -0.25) is 4.79 Å². The molecule has 1 aliphatic rings. The van der Waals surface area contributed by atoms with Crippen LogP contribution in [0.2, 0.25) is 0 Å². The molecule has 3 aromatic rings. The largest absolute Gasteiger partial charge is 0.481 e. The van der Waals surface area contributed by atoms with E-state index in [4.69, 9.17) is 9.47 Å². The molecule has 0 atom stereocenters. The molecule has 0 bridgehead atoms. The van der Waals surface area contributed by atoms with Crippen LogP contribution in [0, 0.1) is 0 Å². The van der Waals surface area contributed by atoms with Crippen molar-refractivity contribution in [2.24, 2.45) is 0 Å². The van der Waals surface area contributed by atoms with E-state index in [-0.39, 0.29) is 17.9 Å². The number of hydrogen-bond donors (Lipinski definition) is 2. The van der Waals surface area contributed by atoms with Crippen LogP contribution in [-0.4, -0.2) is 35.1 Å². The number of H-pyrrole nitrogens is 1. The Morgan fingerprint density at radius 2 is 2.03 bits per heavy atom. The van der Waals surface area contributed by atoms with E-state index in [1.54, 1.807) is 13.0 Å². The van der Waals surface area contributed by atoms with Gasteiger partial charge in [-0.25, -0.2) is 9.78 Å². The first-order valence-electron chi connectivity index (χ1n) is 9.59. The summed E-state index contributed by atoms with van der Waals surface area (Å²) in [5.74, 6) is 0.761. The van der Waals surface area contributed by atoms with Crippen molar-refractivity contribution in [2.75, 3.05) is 18.5 Å². The highest BCUT2D eigenvalue weighted by Gasteiger charge is 2.32. The van der Waals surface area contributed by atoms with Crippen molar-refractivity contribution < 1.29 is 19.1 Å². The van der Waals surface area contributed by atoms with Crippen molar-refractivity contribution in [1.29, 1.82) is 0 Å². The van der Waals surface area contributed by atoms with Crippen LogP contribution in [0.5, 0.6) is 5.75 Å². The lowest BCUT2D eigenvalue weighted by Gasteiger charge is -2.31. The van der Waals surface area contributed by atoms with Gasteiger partial charge in [0.1, 0.15) is 11.6 Å². The fraction of sp³-hybridized carbons (Fsp3) is 0.318. The Morgan fingerprint density at radius 1 is 1.24 bits per heavy atom. The predicted molar refractivity (Wildman–Crippen MR) is 110 cm³/mol. The quantitative estimate of drug-likeness (QED) is 0.643. The maximum atomic E-state index is 12.0. The highest BCUT2D eigenvalue weighted by molar-refractivity contribution is 5.98. The number of esters is 1. The Labute approximate surface area is 168 Å². The molecule has 7 nitrogen and oxygen atoms in total. The fourth-order valence-electron chi connectivity index (χ4n) is 3.67. The van der Waals surface area contributed by atoms with Crippen LogP contribution in [0.1, 0.15) is 32.8 Å². The molecule has 0 saturated heterocycles. The summed E-state index contributed by atoms with van der Waals surface area (Å²) in [5, 5.41) is 2.94. The zero-order chi connectivity index (χ0) is 20.6. The third-order valence-corrected chi connectivity index (χ3v) is 5.02. The van der Waals surface area contributed by atoms with Crippen LogP contribution < -0.4 is 10.1 Å². The predicted octanol–water partition coefficient (Wildman–Crippen LogP) is 3.79. The zero-order valence-electron chi connectivity index (χ0n) is 16.7. The van der Waals surface area contributed by atoms with Gasteiger partial charge in [-0.05, 0) is 36.8 Å². The van der Waals surface area contributed by atoms with Crippen LogP contribution in [0.3, 0.4) is 0 Å². The lowest BCUT2D eigenvalue weighted by atomic mass is 9.78. The number of para-hydroxylation sites is 1. The Bertz CT molecular complexity index is 1100. The number of ether oxygens (including phenoxy) is 2. The number of fused-ring (bicyclic) bond motifs is 2. The summed E-state index contributed by atoms with van der Waals surface area (Å²) in [7, 11) is 0. The Morgan fingerprint density at radius 3 is 2.83 bits per heavy atom. The molecule has 1 aliphatic heterocycles. The number of carbonyl (C=O) groups excluding carboxylic acids is 2. The monoisotopic (exact) mass is 393 g/mol. The number of nitrogens with zero attached hydrogens (tertiary/aromatic N) is 1. The van der Waals surface area contributed by atoms with E-state index >= 15 is 0 Å². The molecule has 0 aliphatic carbocycles. The molecule has 1 amide bonds. The van der Waals surface area contributed by atoms with Gasteiger partial charge in [0.2, 0.25) is 5.91 Å². The van der Waals surface area contributed by atoms with Crippen LogP contribution in [0.25, 0.3) is 22.4 Å².